The van der Waals surface area contributed by atoms with Gasteiger partial charge in [0.25, 0.3) is 0 Å². The maximum atomic E-state index is 6.89. The summed E-state index contributed by atoms with van der Waals surface area (Å²) in [5.74, 6) is 0. The van der Waals surface area contributed by atoms with E-state index in [1.54, 1.807) is 0 Å². The summed E-state index contributed by atoms with van der Waals surface area (Å²) in [5.41, 5.74) is 18.4. The molecule has 0 bridgehead atoms. The molecule has 2 aromatic heterocycles. The van der Waals surface area contributed by atoms with Crippen molar-refractivity contribution in [2.75, 3.05) is 0 Å². The molecule has 13 rings (SSSR count). The molecule has 0 radical (unpaired) electrons. The van der Waals surface area contributed by atoms with Crippen molar-refractivity contribution >= 4 is 65.4 Å². The maximum Gasteiger partial charge on any atom is 0.143 e. The summed E-state index contributed by atoms with van der Waals surface area (Å²) in [6.45, 7) is 9.65. The summed E-state index contributed by atoms with van der Waals surface area (Å²) in [4.78, 5) is 0. The average Bonchev–Trinajstić information content (AvgIpc) is 3.95. The Morgan fingerprint density at radius 1 is 0.345 bits per heavy atom. The Hall–Kier alpha value is -6.90. The van der Waals surface area contributed by atoms with E-state index >= 15 is 0 Å². The van der Waals surface area contributed by atoms with E-state index in [1.165, 1.54) is 88.0 Å². The number of rotatable bonds is 2. The molecule has 58 heavy (non-hydrogen) atoms. The Morgan fingerprint density at radius 2 is 0.724 bits per heavy atom. The van der Waals surface area contributed by atoms with Crippen LogP contribution in [0.1, 0.15) is 49.9 Å². The highest BCUT2D eigenvalue weighted by atomic mass is 16.3. The van der Waals surface area contributed by atoms with E-state index in [1.807, 2.05) is 0 Å². The van der Waals surface area contributed by atoms with Crippen LogP contribution in [0, 0.1) is 0 Å². The lowest BCUT2D eigenvalue weighted by molar-refractivity contribution is 0.650. The predicted octanol–water partition coefficient (Wildman–Crippen LogP) is 15.7. The summed E-state index contributed by atoms with van der Waals surface area (Å²) in [7, 11) is 0. The molecular weight excluding hydrogens is 705 g/mol. The molecule has 0 saturated carbocycles. The fourth-order valence-electron chi connectivity index (χ4n) is 10.8. The summed E-state index contributed by atoms with van der Waals surface area (Å²) in [6.07, 6.45) is 0. The van der Waals surface area contributed by atoms with Crippen LogP contribution in [0.4, 0.5) is 0 Å². The third kappa shape index (κ3) is 4.07. The van der Waals surface area contributed by atoms with Gasteiger partial charge in [-0.05, 0) is 126 Å². The molecule has 11 aromatic rings. The predicted molar refractivity (Wildman–Crippen MR) is 242 cm³/mol. The topological polar surface area (TPSA) is 26.3 Å². The van der Waals surface area contributed by atoms with Crippen molar-refractivity contribution in [2.24, 2.45) is 0 Å². The van der Waals surface area contributed by atoms with Gasteiger partial charge in [0.2, 0.25) is 0 Å². The molecule has 2 aliphatic carbocycles. The molecule has 0 N–H and O–H groups in total. The molecule has 274 valence electrons. The van der Waals surface area contributed by atoms with Crippen molar-refractivity contribution < 1.29 is 8.83 Å². The van der Waals surface area contributed by atoms with E-state index in [0.29, 0.717) is 0 Å². The fourth-order valence-corrected chi connectivity index (χ4v) is 10.8. The van der Waals surface area contributed by atoms with Gasteiger partial charge >= 0.3 is 0 Å². The van der Waals surface area contributed by atoms with E-state index in [9.17, 15) is 0 Å². The molecule has 2 heteroatoms. The molecule has 0 atom stereocenters. The summed E-state index contributed by atoms with van der Waals surface area (Å²) in [6, 6.07) is 57.9. The van der Waals surface area contributed by atoms with Gasteiger partial charge in [-0.2, -0.15) is 0 Å². The van der Waals surface area contributed by atoms with Gasteiger partial charge < -0.3 is 8.83 Å². The van der Waals surface area contributed by atoms with Crippen LogP contribution >= 0.6 is 0 Å². The van der Waals surface area contributed by atoms with Crippen molar-refractivity contribution in [2.45, 2.75) is 38.5 Å². The largest absolute Gasteiger partial charge is 0.455 e. The average molecular weight is 743 g/mol. The summed E-state index contributed by atoms with van der Waals surface area (Å²) < 4.78 is 13.8. The van der Waals surface area contributed by atoms with E-state index < -0.39 is 0 Å². The normalized spacial score (nSPS) is 14.8. The van der Waals surface area contributed by atoms with Crippen LogP contribution in [-0.2, 0) is 10.8 Å². The van der Waals surface area contributed by atoms with Crippen molar-refractivity contribution in [3.8, 4) is 44.5 Å². The van der Waals surface area contributed by atoms with Gasteiger partial charge in [-0.3, -0.25) is 0 Å². The Bertz CT molecular complexity index is 3380. The standard InChI is InChI=1S/C56H38O2/c1-55(2)43-29-42-44(30-41(43)49-45(55)27-39(35-23-21-31-13-5-7-15-33(31)25-35)53-51(49)37-17-9-11-19-47(37)57-53)56(3,4)46-28-40(36-24-22-32-14-6-8-16-34(32)26-36)54-52(50(42)46)38-18-10-12-20-48(38)58-54/h5-30H,1-4H3. The summed E-state index contributed by atoms with van der Waals surface area (Å²) >= 11 is 0. The lowest BCUT2D eigenvalue weighted by Crippen LogP contribution is -2.17. The van der Waals surface area contributed by atoms with Gasteiger partial charge in [0.05, 0.1) is 0 Å². The number of furan rings is 2. The van der Waals surface area contributed by atoms with Crippen LogP contribution in [0.25, 0.3) is 110 Å². The van der Waals surface area contributed by atoms with Crippen LogP contribution in [0.2, 0.25) is 0 Å². The molecule has 0 saturated heterocycles. The zero-order valence-electron chi connectivity index (χ0n) is 32.8. The second-order valence-corrected chi connectivity index (χ2v) is 17.6. The van der Waals surface area contributed by atoms with Gasteiger partial charge in [0, 0.05) is 43.5 Å². The van der Waals surface area contributed by atoms with Gasteiger partial charge in [0.1, 0.15) is 22.3 Å². The molecule has 0 unspecified atom stereocenters. The number of benzene rings is 9. The smallest absolute Gasteiger partial charge is 0.143 e. The summed E-state index contributed by atoms with van der Waals surface area (Å²) in [5, 5.41) is 9.67. The fraction of sp³-hybridized carbons (Fsp3) is 0.107. The van der Waals surface area contributed by atoms with E-state index in [4.69, 9.17) is 8.83 Å². The van der Waals surface area contributed by atoms with Crippen molar-refractivity contribution in [3.63, 3.8) is 0 Å². The highest BCUT2D eigenvalue weighted by Crippen LogP contribution is 2.61. The first-order valence-electron chi connectivity index (χ1n) is 20.4. The minimum atomic E-state index is -0.270. The van der Waals surface area contributed by atoms with Crippen LogP contribution in [0.3, 0.4) is 0 Å². The molecule has 0 spiro atoms. The molecule has 0 amide bonds. The molecule has 9 aromatic carbocycles. The SMILES string of the molecule is CC1(C)c2cc3c(cc2-c2c1cc(-c1ccc4ccccc4c1)c1oc4ccccc4c21)C(C)(C)c1cc(-c2ccc4ccccc4c2)c2oc4ccccc4c2c1-3. The van der Waals surface area contributed by atoms with Crippen molar-refractivity contribution in [1.29, 1.82) is 0 Å². The van der Waals surface area contributed by atoms with Crippen LogP contribution in [0.15, 0.2) is 167 Å². The number of para-hydroxylation sites is 2. The number of fused-ring (bicyclic) bond motifs is 16. The minimum Gasteiger partial charge on any atom is -0.455 e. The minimum absolute atomic E-state index is 0.270. The monoisotopic (exact) mass is 742 g/mol. The second-order valence-electron chi connectivity index (χ2n) is 17.6. The lowest BCUT2D eigenvalue weighted by Gasteiger charge is -2.24. The zero-order valence-corrected chi connectivity index (χ0v) is 32.8. The first kappa shape index (κ1) is 32.2. The second kappa shape index (κ2) is 10.9. The molecule has 0 aliphatic heterocycles. The third-order valence-electron chi connectivity index (χ3n) is 13.8. The van der Waals surface area contributed by atoms with Gasteiger partial charge in [0.15, 0.2) is 0 Å². The van der Waals surface area contributed by atoms with E-state index in [2.05, 4.69) is 185 Å². The highest BCUT2D eigenvalue weighted by Gasteiger charge is 2.44. The van der Waals surface area contributed by atoms with Crippen LogP contribution in [0.5, 0.6) is 0 Å². The van der Waals surface area contributed by atoms with Gasteiger partial charge in [-0.25, -0.2) is 0 Å². The maximum absolute atomic E-state index is 6.89. The van der Waals surface area contributed by atoms with Crippen molar-refractivity contribution in [1.82, 2.24) is 0 Å². The quantitative estimate of drug-likeness (QED) is 0.176. The molecule has 0 fully saturated rings. The van der Waals surface area contributed by atoms with Crippen molar-refractivity contribution in [3.05, 3.63) is 180 Å². The first-order chi connectivity index (χ1) is 28.3. The Labute approximate surface area is 336 Å². The number of hydrogen-bond acceptors (Lipinski definition) is 2. The molecule has 2 aliphatic rings. The van der Waals surface area contributed by atoms with Crippen LogP contribution in [-0.4, -0.2) is 0 Å². The Balaban J connectivity index is 1.10. The van der Waals surface area contributed by atoms with Gasteiger partial charge in [-0.15, -0.1) is 0 Å². The Morgan fingerprint density at radius 3 is 1.17 bits per heavy atom. The first-order valence-corrected chi connectivity index (χ1v) is 20.4. The number of hydrogen-bond donors (Lipinski definition) is 0. The lowest BCUT2D eigenvalue weighted by atomic mass is 9.78. The van der Waals surface area contributed by atoms with E-state index in [0.717, 1.165) is 44.2 Å². The molecule has 2 heterocycles. The van der Waals surface area contributed by atoms with Gasteiger partial charge in [-0.1, -0.05) is 137 Å². The van der Waals surface area contributed by atoms with E-state index in [-0.39, 0.29) is 10.8 Å². The highest BCUT2D eigenvalue weighted by molar-refractivity contribution is 6.21. The molecular formula is C56H38O2. The third-order valence-corrected chi connectivity index (χ3v) is 13.8. The Kier molecular flexibility index (Phi) is 6.07. The zero-order chi connectivity index (χ0) is 38.7. The van der Waals surface area contributed by atoms with Crippen LogP contribution < -0.4 is 0 Å². The molecule has 2 nitrogen and oxygen atoms in total.